The first-order valence-electron chi connectivity index (χ1n) is 11.3. The van der Waals surface area contributed by atoms with E-state index in [2.05, 4.69) is 16.7 Å². The molecule has 188 valence electrons. The highest BCUT2D eigenvalue weighted by Gasteiger charge is 2.27. The second-order valence-corrected chi connectivity index (χ2v) is 11.8. The lowest BCUT2D eigenvalue weighted by atomic mass is 10.1. The summed E-state index contributed by atoms with van der Waals surface area (Å²) in [4.78, 5) is 14.4. The Balaban J connectivity index is 1.85. The Kier molecular flexibility index (Phi) is 8.50. The highest BCUT2D eigenvalue weighted by atomic mass is 35.5. The first-order chi connectivity index (χ1) is 16.3. The molecule has 0 saturated carbocycles. The zero-order valence-corrected chi connectivity index (χ0v) is 22.3. The molecule has 1 aliphatic rings. The van der Waals surface area contributed by atoms with Gasteiger partial charge in [0.2, 0.25) is 10.0 Å². The van der Waals surface area contributed by atoms with Gasteiger partial charge in [0.25, 0.3) is 0 Å². The van der Waals surface area contributed by atoms with Gasteiger partial charge in [-0.1, -0.05) is 29.5 Å². The predicted molar refractivity (Wildman–Crippen MR) is 136 cm³/mol. The third-order valence-electron chi connectivity index (χ3n) is 5.35. The van der Waals surface area contributed by atoms with E-state index in [1.165, 1.54) is 4.31 Å². The standard InChI is InChI=1S/C26H31ClN2O5S/c1-19-6-10-23(35(31,32)29-14-12-28(5)13-15-29)17-20(19)7-8-21-16-22(27)9-11-24(21)33-18-25(30)34-26(2,3)4/h6,9-11,16-17H,12-15,18H2,1-5H3. The summed E-state index contributed by atoms with van der Waals surface area (Å²) in [6.07, 6.45) is 0. The predicted octanol–water partition coefficient (Wildman–Crippen LogP) is 3.70. The largest absolute Gasteiger partial charge is 0.481 e. The molecule has 0 bridgehead atoms. The number of likely N-dealkylation sites (N-methyl/N-ethyl adjacent to an activating group) is 1. The first kappa shape index (κ1) is 27.0. The van der Waals surface area contributed by atoms with Gasteiger partial charge in [-0.3, -0.25) is 0 Å². The van der Waals surface area contributed by atoms with Crippen LogP contribution in [0.5, 0.6) is 5.75 Å². The Bertz CT molecular complexity index is 1250. The highest BCUT2D eigenvalue weighted by molar-refractivity contribution is 7.89. The van der Waals surface area contributed by atoms with Crippen LogP contribution in [0.1, 0.15) is 37.5 Å². The van der Waals surface area contributed by atoms with Crippen LogP contribution >= 0.6 is 11.6 Å². The monoisotopic (exact) mass is 518 g/mol. The molecular weight excluding hydrogens is 488 g/mol. The van der Waals surface area contributed by atoms with Gasteiger partial charge in [0, 0.05) is 36.8 Å². The molecule has 1 saturated heterocycles. The SMILES string of the molecule is Cc1ccc(S(=O)(=O)N2CCN(C)CC2)cc1C#Cc1cc(Cl)ccc1OCC(=O)OC(C)(C)C. The Labute approximate surface area is 213 Å². The fourth-order valence-corrected chi connectivity index (χ4v) is 5.06. The van der Waals surface area contributed by atoms with Crippen molar-refractivity contribution in [2.24, 2.45) is 0 Å². The number of piperazine rings is 1. The van der Waals surface area contributed by atoms with Crippen molar-refractivity contribution in [1.82, 2.24) is 9.21 Å². The lowest BCUT2D eigenvalue weighted by Gasteiger charge is -2.31. The van der Waals surface area contributed by atoms with Gasteiger partial charge in [0.1, 0.15) is 11.4 Å². The summed E-state index contributed by atoms with van der Waals surface area (Å²) >= 11 is 6.16. The number of nitrogens with zero attached hydrogens (tertiary/aromatic N) is 2. The number of sulfonamides is 1. The number of esters is 1. The zero-order chi connectivity index (χ0) is 25.8. The van der Waals surface area contributed by atoms with Crippen molar-refractivity contribution >= 4 is 27.6 Å². The van der Waals surface area contributed by atoms with Gasteiger partial charge in [0.05, 0.1) is 10.5 Å². The van der Waals surface area contributed by atoms with Crippen molar-refractivity contribution in [2.45, 2.75) is 38.2 Å². The van der Waals surface area contributed by atoms with E-state index in [1.54, 1.807) is 57.2 Å². The Morgan fingerprint density at radius 3 is 2.34 bits per heavy atom. The van der Waals surface area contributed by atoms with Crippen LogP contribution in [0.2, 0.25) is 5.02 Å². The number of carbonyl (C=O) groups excluding carboxylic acids is 1. The smallest absolute Gasteiger partial charge is 0.344 e. The molecule has 2 aromatic rings. The van der Waals surface area contributed by atoms with Crippen LogP contribution in [-0.2, 0) is 19.6 Å². The average Bonchev–Trinajstić information content (AvgIpc) is 2.77. The molecule has 7 nitrogen and oxygen atoms in total. The summed E-state index contributed by atoms with van der Waals surface area (Å²) < 4.78 is 38.7. The van der Waals surface area contributed by atoms with E-state index in [-0.39, 0.29) is 11.5 Å². The number of aryl methyl sites for hydroxylation is 1. The number of hydrogen-bond donors (Lipinski definition) is 0. The number of benzene rings is 2. The second kappa shape index (κ2) is 11.0. The van der Waals surface area contributed by atoms with Crippen molar-refractivity contribution in [3.05, 3.63) is 58.1 Å². The normalized spacial score (nSPS) is 15.3. The Morgan fingerprint density at radius 2 is 1.69 bits per heavy atom. The van der Waals surface area contributed by atoms with E-state index in [0.717, 1.165) is 5.56 Å². The number of halogens is 1. The molecule has 3 rings (SSSR count). The zero-order valence-electron chi connectivity index (χ0n) is 20.7. The molecule has 0 atom stereocenters. The van der Waals surface area contributed by atoms with Crippen molar-refractivity contribution in [3.8, 4) is 17.6 Å². The van der Waals surface area contributed by atoms with Crippen molar-refractivity contribution < 1.29 is 22.7 Å². The number of ether oxygens (including phenoxy) is 2. The van der Waals surface area contributed by atoms with Crippen molar-refractivity contribution in [3.63, 3.8) is 0 Å². The molecule has 1 aliphatic heterocycles. The lowest BCUT2D eigenvalue weighted by molar-refractivity contribution is -0.157. The molecule has 1 heterocycles. The Hall–Kier alpha value is -2.57. The van der Waals surface area contributed by atoms with Gasteiger partial charge >= 0.3 is 5.97 Å². The maximum atomic E-state index is 13.2. The molecule has 9 heteroatoms. The van der Waals surface area contributed by atoms with Crippen LogP contribution in [0, 0.1) is 18.8 Å². The van der Waals surface area contributed by atoms with Gasteiger partial charge in [-0.15, -0.1) is 0 Å². The van der Waals surface area contributed by atoms with Crippen LogP contribution in [0.4, 0.5) is 0 Å². The molecule has 0 aromatic heterocycles. The Morgan fingerprint density at radius 1 is 1.03 bits per heavy atom. The third-order valence-corrected chi connectivity index (χ3v) is 7.48. The van der Waals surface area contributed by atoms with Crippen LogP contribution in [0.3, 0.4) is 0 Å². The summed E-state index contributed by atoms with van der Waals surface area (Å²) in [6, 6.07) is 9.89. The van der Waals surface area contributed by atoms with Crippen molar-refractivity contribution in [2.75, 3.05) is 39.8 Å². The van der Waals surface area contributed by atoms with Gasteiger partial charge in [-0.05, 0) is 70.6 Å². The molecule has 0 amide bonds. The summed E-state index contributed by atoms with van der Waals surface area (Å²) in [6.45, 7) is 9.24. The maximum absolute atomic E-state index is 13.2. The highest BCUT2D eigenvalue weighted by Crippen LogP contribution is 2.24. The van der Waals surface area contributed by atoms with Gasteiger partial charge in [-0.2, -0.15) is 4.31 Å². The fourth-order valence-electron chi connectivity index (χ4n) is 3.44. The average molecular weight is 519 g/mol. The molecule has 0 aliphatic carbocycles. The molecule has 2 aromatic carbocycles. The van der Waals surface area contributed by atoms with Gasteiger partial charge in [-0.25, -0.2) is 13.2 Å². The molecule has 0 spiro atoms. The first-order valence-corrected chi connectivity index (χ1v) is 13.1. The van der Waals surface area contributed by atoms with E-state index in [1.807, 2.05) is 14.0 Å². The summed E-state index contributed by atoms with van der Waals surface area (Å²) in [7, 11) is -1.64. The molecule has 1 fully saturated rings. The van der Waals surface area contributed by atoms with Crippen molar-refractivity contribution in [1.29, 1.82) is 0 Å². The molecule has 35 heavy (non-hydrogen) atoms. The molecule has 0 radical (unpaired) electrons. The number of carbonyl (C=O) groups is 1. The van der Waals surface area contributed by atoms with E-state index in [0.29, 0.717) is 48.1 Å². The second-order valence-electron chi connectivity index (χ2n) is 9.45. The summed E-state index contributed by atoms with van der Waals surface area (Å²) in [5.41, 5.74) is 1.29. The van der Waals surface area contributed by atoms with E-state index < -0.39 is 21.6 Å². The van der Waals surface area contributed by atoms with Crippen LogP contribution in [0.25, 0.3) is 0 Å². The van der Waals surface area contributed by atoms with Gasteiger partial charge in [0.15, 0.2) is 6.61 Å². The van der Waals surface area contributed by atoms with E-state index >= 15 is 0 Å². The minimum absolute atomic E-state index is 0.212. The topological polar surface area (TPSA) is 76.2 Å². The summed E-state index contributed by atoms with van der Waals surface area (Å²) in [5, 5.41) is 0.460. The van der Waals surface area contributed by atoms with Crippen LogP contribution < -0.4 is 4.74 Å². The quantitative estimate of drug-likeness (QED) is 0.444. The molecule has 0 unspecified atom stereocenters. The fraction of sp³-hybridized carbons (Fsp3) is 0.423. The minimum atomic E-state index is -3.61. The summed E-state index contributed by atoms with van der Waals surface area (Å²) in [5.74, 6) is 5.95. The van der Waals surface area contributed by atoms with Crippen LogP contribution in [-0.4, -0.2) is 69.0 Å². The number of hydrogen-bond acceptors (Lipinski definition) is 6. The molecular formula is C26H31ClN2O5S. The van der Waals surface area contributed by atoms with Gasteiger partial charge < -0.3 is 14.4 Å². The third kappa shape index (κ3) is 7.45. The number of rotatable bonds is 5. The van der Waals surface area contributed by atoms with E-state index in [4.69, 9.17) is 21.1 Å². The lowest BCUT2D eigenvalue weighted by Crippen LogP contribution is -2.47. The van der Waals surface area contributed by atoms with E-state index in [9.17, 15) is 13.2 Å². The molecule has 0 N–H and O–H groups in total. The maximum Gasteiger partial charge on any atom is 0.344 e. The van der Waals surface area contributed by atoms with Crippen LogP contribution in [0.15, 0.2) is 41.3 Å². The minimum Gasteiger partial charge on any atom is -0.481 e.